The maximum absolute atomic E-state index is 11.5. The highest BCUT2D eigenvalue weighted by Gasteiger charge is 2.03. The van der Waals surface area contributed by atoms with E-state index in [-0.39, 0.29) is 12.1 Å². The van der Waals surface area contributed by atoms with E-state index < -0.39 is 0 Å². The van der Waals surface area contributed by atoms with Crippen LogP contribution in [0.3, 0.4) is 0 Å². The third-order valence-corrected chi connectivity index (χ3v) is 3.71. The lowest BCUT2D eigenvalue weighted by Gasteiger charge is -2.11. The maximum Gasteiger partial charge on any atom is 0.331 e. The van der Waals surface area contributed by atoms with E-state index in [0.717, 1.165) is 17.9 Å². The number of allylic oxidation sites excluding steroid dienone is 3. The Balaban J connectivity index is 3.97. The number of hydrogen-bond donors (Lipinski definition) is 0. The van der Waals surface area contributed by atoms with Gasteiger partial charge in [-0.25, -0.2) is 4.79 Å². The Morgan fingerprint density at radius 3 is 2.29 bits per heavy atom. The van der Waals surface area contributed by atoms with Gasteiger partial charge in [-0.15, -0.1) is 0 Å². The van der Waals surface area contributed by atoms with Crippen molar-refractivity contribution in [2.45, 2.75) is 79.8 Å². The van der Waals surface area contributed by atoms with Crippen LogP contribution < -0.4 is 0 Å². The van der Waals surface area contributed by atoms with Crippen LogP contribution in [0.4, 0.5) is 0 Å². The van der Waals surface area contributed by atoms with Gasteiger partial charge in [0, 0.05) is 6.08 Å². The predicted molar refractivity (Wildman–Crippen MR) is 91.2 cm³/mol. The summed E-state index contributed by atoms with van der Waals surface area (Å²) in [6, 6.07) is 0. The molecule has 0 bridgehead atoms. The van der Waals surface area contributed by atoms with E-state index in [2.05, 4.69) is 26.8 Å². The highest BCUT2D eigenvalue weighted by Crippen LogP contribution is 2.17. The first-order chi connectivity index (χ1) is 9.85. The molecule has 0 aliphatic carbocycles. The van der Waals surface area contributed by atoms with Gasteiger partial charge in [-0.1, -0.05) is 58.6 Å². The molecule has 0 rings (SSSR count). The van der Waals surface area contributed by atoms with Crippen LogP contribution in [0.15, 0.2) is 23.8 Å². The lowest BCUT2D eigenvalue weighted by Crippen LogP contribution is -2.08. The SMILES string of the molecule is CCC(C)CCCC(C)C/C=C/C(C)=C/C(=O)OC(C)C. The minimum absolute atomic E-state index is 0.0592. The van der Waals surface area contributed by atoms with Gasteiger partial charge < -0.3 is 4.74 Å². The zero-order valence-corrected chi connectivity index (χ0v) is 14.8. The van der Waals surface area contributed by atoms with Gasteiger partial charge in [0.05, 0.1) is 6.10 Å². The van der Waals surface area contributed by atoms with E-state index in [1.54, 1.807) is 6.08 Å². The molecule has 0 heterocycles. The van der Waals surface area contributed by atoms with Crippen molar-refractivity contribution in [2.24, 2.45) is 11.8 Å². The van der Waals surface area contributed by atoms with Crippen LogP contribution in [0.5, 0.6) is 0 Å². The fourth-order valence-corrected chi connectivity index (χ4v) is 2.12. The monoisotopic (exact) mass is 294 g/mol. The summed E-state index contributed by atoms with van der Waals surface area (Å²) < 4.78 is 5.09. The number of carbonyl (C=O) groups excluding carboxylic acids is 1. The summed E-state index contributed by atoms with van der Waals surface area (Å²) in [5, 5.41) is 0. The van der Waals surface area contributed by atoms with E-state index in [1.165, 1.54) is 25.7 Å². The first kappa shape index (κ1) is 19.9. The first-order valence-corrected chi connectivity index (χ1v) is 8.40. The molecule has 0 N–H and O–H groups in total. The minimum Gasteiger partial charge on any atom is -0.460 e. The van der Waals surface area contributed by atoms with E-state index in [9.17, 15) is 4.79 Å². The Hall–Kier alpha value is -1.05. The van der Waals surface area contributed by atoms with E-state index >= 15 is 0 Å². The van der Waals surface area contributed by atoms with Crippen LogP contribution in [0.1, 0.15) is 73.6 Å². The molecule has 0 aromatic heterocycles. The van der Waals surface area contributed by atoms with Gasteiger partial charge in [0.25, 0.3) is 0 Å². The van der Waals surface area contributed by atoms with Crippen molar-refractivity contribution in [1.29, 1.82) is 0 Å². The van der Waals surface area contributed by atoms with E-state index in [0.29, 0.717) is 5.92 Å². The summed E-state index contributed by atoms with van der Waals surface area (Å²) in [4.78, 5) is 11.5. The quantitative estimate of drug-likeness (QED) is 0.294. The molecule has 0 fully saturated rings. The highest BCUT2D eigenvalue weighted by molar-refractivity contribution is 5.83. The molecule has 0 saturated heterocycles. The Labute approximate surface area is 131 Å². The first-order valence-electron chi connectivity index (χ1n) is 8.40. The van der Waals surface area contributed by atoms with Gasteiger partial charge in [-0.2, -0.15) is 0 Å². The van der Waals surface area contributed by atoms with Gasteiger partial charge in [0.2, 0.25) is 0 Å². The van der Waals surface area contributed by atoms with Gasteiger partial charge in [-0.05, 0) is 44.6 Å². The third kappa shape index (κ3) is 12.4. The molecule has 2 nitrogen and oxygen atoms in total. The lowest BCUT2D eigenvalue weighted by atomic mass is 9.95. The normalized spacial score (nSPS) is 15.5. The third-order valence-electron chi connectivity index (χ3n) is 3.71. The van der Waals surface area contributed by atoms with Crippen LogP contribution in [0.2, 0.25) is 0 Å². The largest absolute Gasteiger partial charge is 0.460 e. The van der Waals surface area contributed by atoms with Gasteiger partial charge in [-0.3, -0.25) is 0 Å². The second-order valence-electron chi connectivity index (χ2n) is 6.56. The van der Waals surface area contributed by atoms with Crippen molar-refractivity contribution in [1.82, 2.24) is 0 Å². The lowest BCUT2D eigenvalue weighted by molar-refractivity contribution is -0.141. The molecule has 0 spiro atoms. The molecule has 0 aromatic carbocycles. The van der Waals surface area contributed by atoms with Crippen molar-refractivity contribution < 1.29 is 9.53 Å². The molecule has 0 aromatic rings. The molecule has 21 heavy (non-hydrogen) atoms. The molecule has 2 unspecified atom stereocenters. The molecule has 0 aliphatic rings. The van der Waals surface area contributed by atoms with Crippen molar-refractivity contribution in [3.8, 4) is 0 Å². The van der Waals surface area contributed by atoms with Crippen LogP contribution >= 0.6 is 0 Å². The van der Waals surface area contributed by atoms with Crippen molar-refractivity contribution in [3.63, 3.8) is 0 Å². The number of ether oxygens (including phenoxy) is 1. The van der Waals surface area contributed by atoms with Crippen LogP contribution in [0, 0.1) is 11.8 Å². The molecule has 2 heteroatoms. The summed E-state index contributed by atoms with van der Waals surface area (Å²) >= 11 is 0. The van der Waals surface area contributed by atoms with Crippen molar-refractivity contribution in [2.75, 3.05) is 0 Å². The average Bonchev–Trinajstić information content (AvgIpc) is 2.37. The molecular weight excluding hydrogens is 260 g/mol. The molecule has 0 aliphatic heterocycles. The number of hydrogen-bond acceptors (Lipinski definition) is 2. The van der Waals surface area contributed by atoms with Crippen LogP contribution in [0.25, 0.3) is 0 Å². The second kappa shape index (κ2) is 11.6. The summed E-state index contributed by atoms with van der Waals surface area (Å²) in [6.45, 7) is 12.5. The summed E-state index contributed by atoms with van der Waals surface area (Å²) in [6.07, 6.45) is 12.0. The number of carbonyl (C=O) groups is 1. The Morgan fingerprint density at radius 1 is 1.10 bits per heavy atom. The van der Waals surface area contributed by atoms with Crippen LogP contribution in [-0.2, 0) is 9.53 Å². The molecular formula is C19H34O2. The minimum atomic E-state index is -0.256. The van der Waals surface area contributed by atoms with Crippen LogP contribution in [-0.4, -0.2) is 12.1 Å². The smallest absolute Gasteiger partial charge is 0.331 e. The molecule has 2 atom stereocenters. The molecule has 0 amide bonds. The second-order valence-corrected chi connectivity index (χ2v) is 6.56. The Bertz CT molecular complexity index is 339. The van der Waals surface area contributed by atoms with Gasteiger partial charge in [0.1, 0.15) is 0 Å². The average molecular weight is 294 g/mol. The van der Waals surface area contributed by atoms with Gasteiger partial charge in [0.15, 0.2) is 0 Å². The van der Waals surface area contributed by atoms with Crippen molar-refractivity contribution >= 4 is 5.97 Å². The Kier molecular flexibility index (Phi) is 11.0. The standard InChI is InChI=1S/C19H34O2/c1-7-16(4)10-8-11-17(5)12-9-13-18(6)14-19(20)21-15(2)3/h9,13-17H,7-8,10-12H2,1-6H3/b13-9+,18-14+. The van der Waals surface area contributed by atoms with E-state index in [1.807, 2.05) is 26.8 Å². The topological polar surface area (TPSA) is 26.3 Å². The maximum atomic E-state index is 11.5. The molecule has 0 radical (unpaired) electrons. The zero-order valence-electron chi connectivity index (χ0n) is 14.8. The number of rotatable bonds is 10. The number of esters is 1. The predicted octanol–water partition coefficient (Wildman–Crippen LogP) is 5.68. The molecule has 122 valence electrons. The molecule has 0 saturated carbocycles. The Morgan fingerprint density at radius 2 is 1.71 bits per heavy atom. The summed E-state index contributed by atoms with van der Waals surface area (Å²) in [5.41, 5.74) is 0.951. The van der Waals surface area contributed by atoms with E-state index in [4.69, 9.17) is 4.74 Å². The fourth-order valence-electron chi connectivity index (χ4n) is 2.12. The fraction of sp³-hybridized carbons (Fsp3) is 0.737. The van der Waals surface area contributed by atoms with Gasteiger partial charge >= 0.3 is 5.97 Å². The summed E-state index contributed by atoms with van der Waals surface area (Å²) in [5.74, 6) is 1.30. The zero-order chi connectivity index (χ0) is 16.3. The highest BCUT2D eigenvalue weighted by atomic mass is 16.5. The summed E-state index contributed by atoms with van der Waals surface area (Å²) in [7, 11) is 0. The van der Waals surface area contributed by atoms with Crippen molar-refractivity contribution in [3.05, 3.63) is 23.8 Å².